The summed E-state index contributed by atoms with van der Waals surface area (Å²) in [7, 11) is 2.27. The molecule has 100 valence electrons. The van der Waals surface area contributed by atoms with E-state index in [1.165, 1.54) is 48.4 Å². The first-order chi connectivity index (χ1) is 8.66. The molecule has 1 saturated heterocycles. The van der Waals surface area contributed by atoms with Crippen LogP contribution in [0.15, 0.2) is 23.1 Å². The standard InChI is InChI=1S/C15H24N2S/c1-12-11-13(16)6-7-15(12)18-10-8-14-5-3-4-9-17(14)2/h6-7,11,14H,3-5,8-10,16H2,1-2H3. The van der Waals surface area contributed by atoms with Gasteiger partial charge >= 0.3 is 0 Å². The Morgan fingerprint density at radius 3 is 2.94 bits per heavy atom. The Labute approximate surface area is 115 Å². The number of rotatable bonds is 4. The molecule has 2 N–H and O–H groups in total. The second-order valence-corrected chi connectivity index (χ2v) is 6.43. The maximum Gasteiger partial charge on any atom is 0.0317 e. The molecule has 1 heterocycles. The zero-order valence-electron chi connectivity index (χ0n) is 11.5. The van der Waals surface area contributed by atoms with Crippen LogP contribution in [-0.2, 0) is 0 Å². The predicted octanol–water partition coefficient (Wildman–Crippen LogP) is 3.54. The van der Waals surface area contributed by atoms with Crippen molar-refractivity contribution in [3.8, 4) is 0 Å². The largest absolute Gasteiger partial charge is 0.399 e. The van der Waals surface area contributed by atoms with Crippen molar-refractivity contribution < 1.29 is 0 Å². The van der Waals surface area contributed by atoms with Crippen LogP contribution in [-0.4, -0.2) is 30.3 Å². The summed E-state index contributed by atoms with van der Waals surface area (Å²) in [5.74, 6) is 1.21. The second-order valence-electron chi connectivity index (χ2n) is 5.29. The third-order valence-electron chi connectivity index (χ3n) is 3.83. The Kier molecular flexibility index (Phi) is 4.95. The summed E-state index contributed by atoms with van der Waals surface area (Å²) in [5, 5.41) is 0. The highest BCUT2D eigenvalue weighted by atomic mass is 32.2. The zero-order valence-corrected chi connectivity index (χ0v) is 12.3. The maximum absolute atomic E-state index is 5.78. The van der Waals surface area contributed by atoms with Crippen molar-refractivity contribution >= 4 is 17.4 Å². The molecule has 3 heteroatoms. The van der Waals surface area contributed by atoms with Gasteiger partial charge in [-0.15, -0.1) is 11.8 Å². The first-order valence-electron chi connectivity index (χ1n) is 6.86. The lowest BCUT2D eigenvalue weighted by Gasteiger charge is -2.32. The van der Waals surface area contributed by atoms with E-state index in [2.05, 4.69) is 31.0 Å². The number of hydrogen-bond donors (Lipinski definition) is 1. The van der Waals surface area contributed by atoms with Crippen LogP contribution in [0.4, 0.5) is 5.69 Å². The van der Waals surface area contributed by atoms with E-state index in [0.29, 0.717) is 0 Å². The molecule has 1 aromatic carbocycles. The molecule has 2 rings (SSSR count). The number of nitrogen functional groups attached to an aromatic ring is 1. The van der Waals surface area contributed by atoms with Gasteiger partial charge in [0.25, 0.3) is 0 Å². The van der Waals surface area contributed by atoms with Gasteiger partial charge in [-0.3, -0.25) is 0 Å². The van der Waals surface area contributed by atoms with E-state index in [1.54, 1.807) is 0 Å². The van der Waals surface area contributed by atoms with Gasteiger partial charge in [-0.1, -0.05) is 6.42 Å². The van der Waals surface area contributed by atoms with Gasteiger partial charge in [0.05, 0.1) is 0 Å². The Bertz CT molecular complexity index is 392. The van der Waals surface area contributed by atoms with E-state index in [4.69, 9.17) is 5.73 Å². The number of thioether (sulfide) groups is 1. The molecular formula is C15H24N2S. The molecule has 1 atom stereocenters. The fourth-order valence-electron chi connectivity index (χ4n) is 2.65. The van der Waals surface area contributed by atoms with Gasteiger partial charge in [0.1, 0.15) is 0 Å². The van der Waals surface area contributed by atoms with E-state index in [0.717, 1.165) is 11.7 Å². The van der Waals surface area contributed by atoms with Crippen LogP contribution in [0.3, 0.4) is 0 Å². The molecule has 1 aromatic rings. The highest BCUT2D eigenvalue weighted by molar-refractivity contribution is 7.99. The van der Waals surface area contributed by atoms with Crippen LogP contribution in [0.2, 0.25) is 0 Å². The van der Waals surface area contributed by atoms with E-state index >= 15 is 0 Å². The molecule has 0 bridgehead atoms. The smallest absolute Gasteiger partial charge is 0.0317 e. The third-order valence-corrected chi connectivity index (χ3v) is 5.04. The lowest BCUT2D eigenvalue weighted by molar-refractivity contribution is 0.182. The number of likely N-dealkylation sites (tertiary alicyclic amines) is 1. The maximum atomic E-state index is 5.78. The van der Waals surface area contributed by atoms with Crippen LogP contribution in [0, 0.1) is 6.92 Å². The second kappa shape index (κ2) is 6.48. The fraction of sp³-hybridized carbons (Fsp3) is 0.600. The van der Waals surface area contributed by atoms with E-state index in [1.807, 2.05) is 17.8 Å². The SMILES string of the molecule is Cc1cc(N)ccc1SCCC1CCCCN1C. The number of hydrogen-bond acceptors (Lipinski definition) is 3. The molecule has 2 nitrogen and oxygen atoms in total. The van der Waals surface area contributed by atoms with Gasteiger partial charge in [0.2, 0.25) is 0 Å². The highest BCUT2D eigenvalue weighted by Crippen LogP contribution is 2.27. The molecule has 18 heavy (non-hydrogen) atoms. The average molecular weight is 264 g/mol. The number of anilines is 1. The van der Waals surface area contributed by atoms with Crippen molar-refractivity contribution in [1.82, 2.24) is 4.90 Å². The van der Waals surface area contributed by atoms with Gasteiger partial charge < -0.3 is 10.6 Å². The summed E-state index contributed by atoms with van der Waals surface area (Å²) in [5.41, 5.74) is 7.94. The molecule has 1 unspecified atom stereocenters. The minimum Gasteiger partial charge on any atom is -0.399 e. The molecule has 0 radical (unpaired) electrons. The van der Waals surface area contributed by atoms with Crippen molar-refractivity contribution in [3.05, 3.63) is 23.8 Å². The molecule has 0 spiro atoms. The number of piperidine rings is 1. The zero-order chi connectivity index (χ0) is 13.0. The van der Waals surface area contributed by atoms with Gasteiger partial charge in [-0.2, -0.15) is 0 Å². The summed E-state index contributed by atoms with van der Waals surface area (Å²) in [6, 6.07) is 7.01. The summed E-state index contributed by atoms with van der Waals surface area (Å²) < 4.78 is 0. The lowest BCUT2D eigenvalue weighted by atomic mass is 10.0. The summed E-state index contributed by atoms with van der Waals surface area (Å²) in [6.07, 6.45) is 5.44. The Morgan fingerprint density at radius 2 is 2.22 bits per heavy atom. The van der Waals surface area contributed by atoms with Gasteiger partial charge in [0, 0.05) is 16.6 Å². The van der Waals surface area contributed by atoms with Crippen LogP contribution in [0.1, 0.15) is 31.2 Å². The first-order valence-corrected chi connectivity index (χ1v) is 7.84. The topological polar surface area (TPSA) is 29.3 Å². The van der Waals surface area contributed by atoms with Crippen LogP contribution in [0.5, 0.6) is 0 Å². The third kappa shape index (κ3) is 3.66. The first kappa shape index (κ1) is 13.8. The molecular weight excluding hydrogens is 240 g/mol. The Morgan fingerprint density at radius 1 is 1.39 bits per heavy atom. The predicted molar refractivity (Wildman–Crippen MR) is 81.2 cm³/mol. The minimum absolute atomic E-state index is 0.792. The van der Waals surface area contributed by atoms with Gasteiger partial charge in [0.15, 0.2) is 0 Å². The van der Waals surface area contributed by atoms with Crippen molar-refractivity contribution in [2.24, 2.45) is 0 Å². The number of nitrogens with zero attached hydrogens (tertiary/aromatic N) is 1. The van der Waals surface area contributed by atoms with Crippen LogP contribution < -0.4 is 5.73 Å². The van der Waals surface area contributed by atoms with Gasteiger partial charge in [-0.25, -0.2) is 0 Å². The van der Waals surface area contributed by atoms with Crippen molar-refractivity contribution in [3.63, 3.8) is 0 Å². The van der Waals surface area contributed by atoms with Crippen LogP contribution in [0.25, 0.3) is 0 Å². The summed E-state index contributed by atoms with van der Waals surface area (Å²) in [6.45, 7) is 3.42. The molecule has 0 saturated carbocycles. The van der Waals surface area contributed by atoms with Crippen LogP contribution >= 0.6 is 11.8 Å². The molecule has 0 aromatic heterocycles. The fourth-order valence-corrected chi connectivity index (χ4v) is 3.71. The monoisotopic (exact) mass is 264 g/mol. The number of aryl methyl sites for hydroxylation is 1. The lowest BCUT2D eigenvalue weighted by Crippen LogP contribution is -2.36. The average Bonchev–Trinajstić information content (AvgIpc) is 2.34. The Balaban J connectivity index is 1.81. The quantitative estimate of drug-likeness (QED) is 0.666. The normalized spacial score (nSPS) is 21.1. The van der Waals surface area contributed by atoms with Gasteiger partial charge in [-0.05, 0) is 69.3 Å². The molecule has 1 aliphatic rings. The highest BCUT2D eigenvalue weighted by Gasteiger charge is 2.18. The van der Waals surface area contributed by atoms with Crippen molar-refractivity contribution in [1.29, 1.82) is 0 Å². The van der Waals surface area contributed by atoms with E-state index in [-0.39, 0.29) is 0 Å². The van der Waals surface area contributed by atoms with E-state index in [9.17, 15) is 0 Å². The minimum atomic E-state index is 0.792. The summed E-state index contributed by atoms with van der Waals surface area (Å²) >= 11 is 1.97. The molecule has 1 fully saturated rings. The van der Waals surface area contributed by atoms with E-state index < -0.39 is 0 Å². The molecule has 1 aliphatic heterocycles. The molecule has 0 aliphatic carbocycles. The summed E-state index contributed by atoms with van der Waals surface area (Å²) in [4.78, 5) is 3.91. The number of benzene rings is 1. The molecule has 0 amide bonds. The Hall–Kier alpha value is -0.670. The van der Waals surface area contributed by atoms with Crippen molar-refractivity contribution in [2.75, 3.05) is 25.1 Å². The number of nitrogens with two attached hydrogens (primary N) is 1. The van der Waals surface area contributed by atoms with Crippen molar-refractivity contribution in [2.45, 2.75) is 43.5 Å².